The van der Waals surface area contributed by atoms with Crippen LogP contribution in [-0.2, 0) is 6.42 Å². The average molecular weight is 210 g/mol. The summed E-state index contributed by atoms with van der Waals surface area (Å²) in [5, 5.41) is 2.78. The van der Waals surface area contributed by atoms with Gasteiger partial charge in [0.1, 0.15) is 5.76 Å². The van der Waals surface area contributed by atoms with Gasteiger partial charge in [-0.3, -0.25) is 4.79 Å². The van der Waals surface area contributed by atoms with Gasteiger partial charge >= 0.3 is 0 Å². The Morgan fingerprint density at radius 1 is 1.60 bits per heavy atom. The Hall–Kier alpha value is -1.29. The predicted octanol–water partition coefficient (Wildman–Crippen LogP) is 1.31. The van der Waals surface area contributed by atoms with Crippen molar-refractivity contribution in [2.45, 2.75) is 32.7 Å². The smallest absolute Gasteiger partial charge is 0.254 e. The van der Waals surface area contributed by atoms with E-state index < -0.39 is 5.54 Å². The fourth-order valence-corrected chi connectivity index (χ4v) is 1.22. The lowest BCUT2D eigenvalue weighted by Crippen LogP contribution is -2.45. The maximum atomic E-state index is 11.7. The van der Waals surface area contributed by atoms with Gasteiger partial charge in [-0.2, -0.15) is 0 Å². The number of aryl methyl sites for hydroxylation is 1. The SMILES string of the molecule is CCc1occc1C(=O)NCC(C)(C)N. The second-order valence-electron chi connectivity index (χ2n) is 4.28. The third-order valence-electron chi connectivity index (χ3n) is 2.02. The van der Waals surface area contributed by atoms with Crippen LogP contribution in [0.1, 0.15) is 36.9 Å². The molecule has 0 unspecified atom stereocenters. The van der Waals surface area contributed by atoms with E-state index in [1.54, 1.807) is 6.07 Å². The maximum absolute atomic E-state index is 11.7. The number of amides is 1. The predicted molar refractivity (Wildman–Crippen MR) is 58.7 cm³/mol. The Morgan fingerprint density at radius 3 is 2.80 bits per heavy atom. The first-order valence-corrected chi connectivity index (χ1v) is 5.07. The molecule has 4 heteroatoms. The number of nitrogens with two attached hydrogens (primary N) is 1. The first-order valence-electron chi connectivity index (χ1n) is 5.07. The molecule has 0 spiro atoms. The molecule has 1 amide bonds. The summed E-state index contributed by atoms with van der Waals surface area (Å²) in [6.45, 7) is 6.12. The van der Waals surface area contributed by atoms with Gasteiger partial charge in [-0.1, -0.05) is 6.92 Å². The summed E-state index contributed by atoms with van der Waals surface area (Å²) < 4.78 is 5.17. The first-order chi connectivity index (χ1) is 6.94. The fraction of sp³-hybridized carbons (Fsp3) is 0.545. The molecule has 0 bridgehead atoms. The zero-order chi connectivity index (χ0) is 11.5. The van der Waals surface area contributed by atoms with Crippen molar-refractivity contribution in [1.82, 2.24) is 5.32 Å². The summed E-state index contributed by atoms with van der Waals surface area (Å²) >= 11 is 0. The lowest BCUT2D eigenvalue weighted by Gasteiger charge is -2.18. The molecule has 0 saturated carbocycles. The van der Waals surface area contributed by atoms with Crippen LogP contribution in [0.4, 0.5) is 0 Å². The van der Waals surface area contributed by atoms with Crippen molar-refractivity contribution in [3.8, 4) is 0 Å². The monoisotopic (exact) mass is 210 g/mol. The van der Waals surface area contributed by atoms with Crippen LogP contribution in [0.15, 0.2) is 16.7 Å². The minimum Gasteiger partial charge on any atom is -0.469 e. The van der Waals surface area contributed by atoms with Crippen molar-refractivity contribution in [2.24, 2.45) is 5.73 Å². The number of hydrogen-bond donors (Lipinski definition) is 2. The van der Waals surface area contributed by atoms with Crippen LogP contribution in [0.25, 0.3) is 0 Å². The number of carbonyl (C=O) groups excluding carboxylic acids is 1. The van der Waals surface area contributed by atoms with E-state index in [0.29, 0.717) is 24.3 Å². The number of furan rings is 1. The van der Waals surface area contributed by atoms with E-state index >= 15 is 0 Å². The Morgan fingerprint density at radius 2 is 2.27 bits per heavy atom. The number of rotatable bonds is 4. The molecule has 84 valence electrons. The number of carbonyl (C=O) groups is 1. The number of nitrogens with one attached hydrogen (secondary N) is 1. The molecule has 0 atom stereocenters. The quantitative estimate of drug-likeness (QED) is 0.787. The zero-order valence-electron chi connectivity index (χ0n) is 9.46. The third kappa shape index (κ3) is 3.40. The van der Waals surface area contributed by atoms with E-state index in [-0.39, 0.29) is 5.91 Å². The molecule has 0 aliphatic rings. The van der Waals surface area contributed by atoms with E-state index in [0.717, 1.165) is 0 Å². The molecule has 0 aromatic carbocycles. The molecule has 1 aromatic rings. The number of hydrogen-bond acceptors (Lipinski definition) is 3. The molecule has 1 rings (SSSR count). The highest BCUT2D eigenvalue weighted by Gasteiger charge is 2.16. The lowest BCUT2D eigenvalue weighted by atomic mass is 10.1. The van der Waals surface area contributed by atoms with Gasteiger partial charge in [0.15, 0.2) is 0 Å². The van der Waals surface area contributed by atoms with Crippen LogP contribution >= 0.6 is 0 Å². The van der Waals surface area contributed by atoms with E-state index in [1.165, 1.54) is 6.26 Å². The van der Waals surface area contributed by atoms with E-state index in [9.17, 15) is 4.79 Å². The molecule has 1 aromatic heterocycles. The highest BCUT2D eigenvalue weighted by Crippen LogP contribution is 2.10. The zero-order valence-corrected chi connectivity index (χ0v) is 9.46. The van der Waals surface area contributed by atoms with Crippen LogP contribution in [0.5, 0.6) is 0 Å². The summed E-state index contributed by atoms with van der Waals surface area (Å²) in [6.07, 6.45) is 2.24. The third-order valence-corrected chi connectivity index (χ3v) is 2.02. The minimum absolute atomic E-state index is 0.126. The van der Waals surface area contributed by atoms with E-state index in [4.69, 9.17) is 10.2 Å². The van der Waals surface area contributed by atoms with E-state index in [2.05, 4.69) is 5.32 Å². The van der Waals surface area contributed by atoms with Crippen molar-refractivity contribution in [3.63, 3.8) is 0 Å². The Labute approximate surface area is 89.8 Å². The summed E-state index contributed by atoms with van der Waals surface area (Å²) in [4.78, 5) is 11.7. The topological polar surface area (TPSA) is 68.3 Å². The standard InChI is InChI=1S/C11H18N2O2/c1-4-9-8(5-6-15-9)10(14)13-7-11(2,3)12/h5-6H,4,7,12H2,1-3H3,(H,13,14). The van der Waals surface area contributed by atoms with Gasteiger partial charge in [0.25, 0.3) is 5.91 Å². The lowest BCUT2D eigenvalue weighted by molar-refractivity contribution is 0.0944. The highest BCUT2D eigenvalue weighted by molar-refractivity contribution is 5.95. The van der Waals surface area contributed by atoms with Crippen LogP contribution in [0.3, 0.4) is 0 Å². The summed E-state index contributed by atoms with van der Waals surface area (Å²) in [5.41, 5.74) is 5.97. The van der Waals surface area contributed by atoms with Crippen LogP contribution in [0.2, 0.25) is 0 Å². The van der Waals surface area contributed by atoms with Crippen LogP contribution < -0.4 is 11.1 Å². The van der Waals surface area contributed by atoms with Gasteiger partial charge in [-0.05, 0) is 19.9 Å². The molecule has 0 saturated heterocycles. The summed E-state index contributed by atoms with van der Waals surface area (Å²) in [6, 6.07) is 1.68. The van der Waals surface area contributed by atoms with Crippen molar-refractivity contribution >= 4 is 5.91 Å². The molecule has 0 fully saturated rings. The Kier molecular flexibility index (Phi) is 3.52. The minimum atomic E-state index is -0.397. The van der Waals surface area contributed by atoms with Crippen molar-refractivity contribution < 1.29 is 9.21 Å². The Balaban J connectivity index is 2.62. The molecule has 0 radical (unpaired) electrons. The molecule has 15 heavy (non-hydrogen) atoms. The molecule has 3 N–H and O–H groups in total. The summed E-state index contributed by atoms with van der Waals surface area (Å²) in [7, 11) is 0. The van der Waals surface area contributed by atoms with Gasteiger partial charge in [-0.15, -0.1) is 0 Å². The van der Waals surface area contributed by atoms with Gasteiger partial charge in [0.05, 0.1) is 11.8 Å². The second kappa shape index (κ2) is 4.49. The normalized spacial score (nSPS) is 11.5. The van der Waals surface area contributed by atoms with Crippen LogP contribution in [-0.4, -0.2) is 18.0 Å². The van der Waals surface area contributed by atoms with Gasteiger partial charge < -0.3 is 15.5 Å². The van der Waals surface area contributed by atoms with Crippen molar-refractivity contribution in [1.29, 1.82) is 0 Å². The molecule has 0 aliphatic carbocycles. The highest BCUT2D eigenvalue weighted by atomic mass is 16.3. The summed E-state index contributed by atoms with van der Waals surface area (Å²) in [5.74, 6) is 0.585. The van der Waals surface area contributed by atoms with Gasteiger partial charge in [0, 0.05) is 18.5 Å². The molecule has 1 heterocycles. The molecular formula is C11H18N2O2. The first kappa shape index (κ1) is 11.8. The van der Waals surface area contributed by atoms with Gasteiger partial charge in [0.2, 0.25) is 0 Å². The Bertz CT molecular complexity index is 337. The molecular weight excluding hydrogens is 192 g/mol. The van der Waals surface area contributed by atoms with Crippen molar-refractivity contribution in [2.75, 3.05) is 6.54 Å². The molecule has 4 nitrogen and oxygen atoms in total. The molecule has 0 aliphatic heterocycles. The van der Waals surface area contributed by atoms with E-state index in [1.807, 2.05) is 20.8 Å². The fourth-order valence-electron chi connectivity index (χ4n) is 1.22. The average Bonchev–Trinajstić information content (AvgIpc) is 2.60. The van der Waals surface area contributed by atoms with Gasteiger partial charge in [-0.25, -0.2) is 0 Å². The second-order valence-corrected chi connectivity index (χ2v) is 4.28. The van der Waals surface area contributed by atoms with Crippen molar-refractivity contribution in [3.05, 3.63) is 23.7 Å². The van der Waals surface area contributed by atoms with Crippen LogP contribution in [0, 0.1) is 0 Å². The largest absolute Gasteiger partial charge is 0.469 e. The maximum Gasteiger partial charge on any atom is 0.254 e.